The van der Waals surface area contributed by atoms with E-state index in [0.717, 1.165) is 67.6 Å². The van der Waals surface area contributed by atoms with Crippen LogP contribution in [0.15, 0.2) is 6.33 Å². The van der Waals surface area contributed by atoms with Gasteiger partial charge in [-0.2, -0.15) is 5.48 Å². The smallest absolute Gasteiger partial charge is 0.225 e. The maximum Gasteiger partial charge on any atom is 0.225 e. The van der Waals surface area contributed by atoms with Gasteiger partial charge in [-0.15, -0.1) is 11.3 Å². The molecule has 0 aliphatic heterocycles. The highest BCUT2D eigenvalue weighted by Gasteiger charge is 2.38. The van der Waals surface area contributed by atoms with Crippen molar-refractivity contribution in [1.82, 2.24) is 15.4 Å². The van der Waals surface area contributed by atoms with E-state index in [1.807, 2.05) is 11.3 Å². The number of hydrogen-bond acceptors (Lipinski definition) is 7. The lowest BCUT2D eigenvalue weighted by molar-refractivity contribution is 0.00754. The predicted octanol–water partition coefficient (Wildman–Crippen LogP) is 6.58. The van der Waals surface area contributed by atoms with Crippen molar-refractivity contribution in [2.75, 3.05) is 6.61 Å². The fourth-order valence-corrected chi connectivity index (χ4v) is 7.35. The minimum Gasteiger partial charge on any atom is -0.474 e. The molecule has 2 heterocycles. The Bertz CT molecular complexity index is 958. The molecule has 0 aromatic carbocycles. The van der Waals surface area contributed by atoms with Crippen LogP contribution in [0.25, 0.3) is 10.2 Å². The summed E-state index contributed by atoms with van der Waals surface area (Å²) in [5.41, 5.74) is 3.82. The molecule has 2 aromatic heterocycles. The third-order valence-corrected chi connectivity index (χ3v) is 14.2. The fourth-order valence-electron chi connectivity index (χ4n) is 5.06. The number of aryl methyl sites for hydroxylation is 1. The van der Waals surface area contributed by atoms with Crippen molar-refractivity contribution in [2.24, 2.45) is 0 Å². The van der Waals surface area contributed by atoms with E-state index in [-0.39, 0.29) is 16.7 Å². The molecule has 33 heavy (non-hydrogen) atoms. The third-order valence-electron chi connectivity index (χ3n) is 8.51. The molecular weight excluding hydrogens is 450 g/mol. The van der Waals surface area contributed by atoms with E-state index in [1.54, 1.807) is 6.33 Å². The zero-order chi connectivity index (χ0) is 23.9. The number of nitrogens with zero attached hydrogens (tertiary/aromatic N) is 2. The number of hydrogen-bond donors (Lipinski definition) is 2. The second-order valence-electron chi connectivity index (χ2n) is 11.5. The SMILES string of the molecule is CCC1(NO)CCC(Oc2ncnc3sc4c(c23)[C@@H](CCO[Si](C)(C)C(C)(C)C)CC4)CC1. The Labute approximate surface area is 203 Å². The molecule has 0 spiro atoms. The Kier molecular flexibility index (Phi) is 7.23. The summed E-state index contributed by atoms with van der Waals surface area (Å²) >= 11 is 1.81. The van der Waals surface area contributed by atoms with E-state index in [0.29, 0.717) is 5.92 Å². The standard InChI is InChI=1S/C25H41N3O3SSi/c1-7-25(28-29)13-10-18(11-14-25)31-22-21-20-17(12-15-30-33(5,6)24(2,3)4)8-9-19(20)32-23(21)27-16-26-22/h16-18,28-29H,7-15H2,1-6H3/t17-,18?,25?/m1/s1. The van der Waals surface area contributed by atoms with Crippen molar-refractivity contribution in [1.29, 1.82) is 0 Å². The minimum atomic E-state index is -1.73. The van der Waals surface area contributed by atoms with Gasteiger partial charge in [-0.3, -0.25) is 0 Å². The monoisotopic (exact) mass is 491 g/mol. The largest absolute Gasteiger partial charge is 0.474 e. The molecule has 2 N–H and O–H groups in total. The third kappa shape index (κ3) is 5.01. The van der Waals surface area contributed by atoms with Gasteiger partial charge < -0.3 is 14.4 Å². The van der Waals surface area contributed by atoms with Gasteiger partial charge in [-0.05, 0) is 81.0 Å². The van der Waals surface area contributed by atoms with Crippen LogP contribution in [0.4, 0.5) is 0 Å². The summed E-state index contributed by atoms with van der Waals surface area (Å²) < 4.78 is 13.0. The summed E-state index contributed by atoms with van der Waals surface area (Å²) in [4.78, 5) is 11.7. The number of hydroxylamine groups is 1. The molecule has 4 rings (SSSR count). The summed E-state index contributed by atoms with van der Waals surface area (Å²) in [6.07, 6.45) is 9.70. The number of thiophene rings is 1. The van der Waals surface area contributed by atoms with Crippen molar-refractivity contribution >= 4 is 29.9 Å². The Morgan fingerprint density at radius 1 is 1.21 bits per heavy atom. The molecule has 0 radical (unpaired) electrons. The van der Waals surface area contributed by atoms with Crippen molar-refractivity contribution < 1.29 is 14.4 Å². The molecular formula is C25H41N3O3SSi. The first-order chi connectivity index (χ1) is 15.6. The minimum absolute atomic E-state index is 0.133. The normalized spacial score (nSPS) is 26.0. The topological polar surface area (TPSA) is 76.5 Å². The van der Waals surface area contributed by atoms with Crippen LogP contribution in [-0.2, 0) is 10.8 Å². The lowest BCUT2D eigenvalue weighted by Crippen LogP contribution is -2.47. The van der Waals surface area contributed by atoms with Crippen molar-refractivity contribution in [2.45, 2.75) is 115 Å². The lowest BCUT2D eigenvalue weighted by atomic mass is 9.79. The first-order valence-electron chi connectivity index (χ1n) is 12.6. The first-order valence-corrected chi connectivity index (χ1v) is 16.3. The van der Waals surface area contributed by atoms with Gasteiger partial charge >= 0.3 is 0 Å². The Morgan fingerprint density at radius 2 is 1.94 bits per heavy atom. The Balaban J connectivity index is 1.49. The maximum absolute atomic E-state index is 9.61. The summed E-state index contributed by atoms with van der Waals surface area (Å²) in [5.74, 6) is 1.24. The average Bonchev–Trinajstić information content (AvgIpc) is 3.33. The summed E-state index contributed by atoms with van der Waals surface area (Å²) in [5, 5.41) is 11.0. The number of aromatic nitrogens is 2. The molecule has 1 atom stereocenters. The zero-order valence-electron chi connectivity index (χ0n) is 21.2. The highest BCUT2D eigenvalue weighted by molar-refractivity contribution is 7.19. The Hall–Kier alpha value is -1.06. The van der Waals surface area contributed by atoms with E-state index in [4.69, 9.17) is 9.16 Å². The summed E-state index contributed by atoms with van der Waals surface area (Å²) in [6, 6.07) is 0. The van der Waals surface area contributed by atoms with Gasteiger partial charge in [0.25, 0.3) is 0 Å². The van der Waals surface area contributed by atoms with E-state index in [1.165, 1.54) is 16.9 Å². The van der Waals surface area contributed by atoms with E-state index >= 15 is 0 Å². The van der Waals surface area contributed by atoms with Gasteiger partial charge in [-0.25, -0.2) is 9.97 Å². The van der Waals surface area contributed by atoms with Gasteiger partial charge in [-0.1, -0.05) is 27.7 Å². The van der Waals surface area contributed by atoms with Crippen LogP contribution in [0.3, 0.4) is 0 Å². The number of nitrogens with one attached hydrogen (secondary N) is 1. The van der Waals surface area contributed by atoms with Crippen molar-refractivity contribution in [3.05, 3.63) is 16.8 Å². The Morgan fingerprint density at radius 3 is 2.58 bits per heavy atom. The molecule has 2 aliphatic rings. The molecule has 8 heteroatoms. The molecule has 6 nitrogen and oxygen atoms in total. The van der Waals surface area contributed by atoms with Gasteiger partial charge in [0, 0.05) is 17.0 Å². The predicted molar refractivity (Wildman–Crippen MR) is 137 cm³/mol. The van der Waals surface area contributed by atoms with Crippen LogP contribution >= 0.6 is 11.3 Å². The molecule has 1 fully saturated rings. The molecule has 0 unspecified atom stereocenters. The van der Waals surface area contributed by atoms with E-state index < -0.39 is 8.32 Å². The van der Waals surface area contributed by atoms with Gasteiger partial charge in [0.1, 0.15) is 17.3 Å². The van der Waals surface area contributed by atoms with Crippen LogP contribution < -0.4 is 10.2 Å². The number of fused-ring (bicyclic) bond motifs is 3. The molecule has 2 aromatic rings. The average molecular weight is 492 g/mol. The lowest BCUT2D eigenvalue weighted by Gasteiger charge is -2.38. The van der Waals surface area contributed by atoms with Crippen LogP contribution in [0.5, 0.6) is 5.88 Å². The maximum atomic E-state index is 9.61. The molecule has 184 valence electrons. The summed E-state index contributed by atoms with van der Waals surface area (Å²) in [6.45, 7) is 14.5. The zero-order valence-corrected chi connectivity index (χ0v) is 23.0. The number of ether oxygens (including phenoxy) is 1. The van der Waals surface area contributed by atoms with Gasteiger partial charge in [0.2, 0.25) is 5.88 Å². The van der Waals surface area contributed by atoms with E-state index in [2.05, 4.69) is 56.2 Å². The van der Waals surface area contributed by atoms with Gasteiger partial charge in [0.15, 0.2) is 8.32 Å². The van der Waals surface area contributed by atoms with Crippen LogP contribution in [-0.4, -0.2) is 41.7 Å². The van der Waals surface area contributed by atoms with E-state index in [9.17, 15) is 5.21 Å². The van der Waals surface area contributed by atoms with Crippen LogP contribution in [0, 0.1) is 0 Å². The van der Waals surface area contributed by atoms with Crippen molar-refractivity contribution in [3.63, 3.8) is 0 Å². The molecule has 1 saturated carbocycles. The summed E-state index contributed by atoms with van der Waals surface area (Å²) in [7, 11) is -1.73. The van der Waals surface area contributed by atoms with Crippen LogP contribution in [0.2, 0.25) is 18.1 Å². The second kappa shape index (κ2) is 9.53. The fraction of sp³-hybridized carbons (Fsp3) is 0.760. The van der Waals surface area contributed by atoms with Crippen molar-refractivity contribution in [3.8, 4) is 5.88 Å². The molecule has 0 saturated heterocycles. The highest BCUT2D eigenvalue weighted by atomic mass is 32.1. The van der Waals surface area contributed by atoms with Gasteiger partial charge in [0.05, 0.1) is 5.39 Å². The first kappa shape index (κ1) is 25.0. The second-order valence-corrected chi connectivity index (χ2v) is 17.4. The highest BCUT2D eigenvalue weighted by Crippen LogP contribution is 2.48. The molecule has 2 aliphatic carbocycles. The quantitative estimate of drug-likeness (QED) is 0.321. The molecule has 0 bridgehead atoms. The number of rotatable bonds is 8. The van der Waals surface area contributed by atoms with Crippen LogP contribution in [0.1, 0.15) is 89.0 Å². The molecule has 0 amide bonds.